The molecule has 1 fully saturated rings. The lowest BCUT2D eigenvalue weighted by molar-refractivity contribution is 0.117. The number of amides is 1. The Morgan fingerprint density at radius 3 is 2.85 bits per heavy atom. The summed E-state index contributed by atoms with van der Waals surface area (Å²) in [5, 5.41) is 1.71. The first-order chi connectivity index (χ1) is 9.61. The Balaban J connectivity index is 1.86. The fraction of sp³-hybridized carbons (Fsp3) is 0.562. The number of nitrogens with zero attached hydrogens (tertiary/aromatic N) is 1. The second kappa shape index (κ2) is 5.09. The summed E-state index contributed by atoms with van der Waals surface area (Å²) >= 11 is 0. The third kappa shape index (κ3) is 2.08. The number of carbonyl (C=O) groups excluding carboxylic acids is 1. The van der Waals surface area contributed by atoms with Crippen LogP contribution in [0.15, 0.2) is 24.3 Å². The molecule has 1 aliphatic heterocycles. The number of nitrogens with one attached hydrogen (secondary N) is 1. The third-order valence-electron chi connectivity index (χ3n) is 4.42. The number of rotatable bonds is 4. The lowest BCUT2D eigenvalue weighted by atomic mass is 10.0. The number of hydrazine groups is 1. The van der Waals surface area contributed by atoms with Crippen molar-refractivity contribution in [3.05, 3.63) is 35.4 Å². The first kappa shape index (κ1) is 13.4. The van der Waals surface area contributed by atoms with Crippen LogP contribution < -0.4 is 5.43 Å². The summed E-state index contributed by atoms with van der Waals surface area (Å²) in [7, 11) is 0. The molecular formula is C16H22N2O2. The summed E-state index contributed by atoms with van der Waals surface area (Å²) < 4.78 is 5.53. The van der Waals surface area contributed by atoms with Gasteiger partial charge in [-0.15, -0.1) is 0 Å². The molecule has 1 saturated heterocycles. The summed E-state index contributed by atoms with van der Waals surface area (Å²) in [5.74, 6) is 0.475. The summed E-state index contributed by atoms with van der Waals surface area (Å²) in [4.78, 5) is 12.1. The number of ether oxygens (including phenoxy) is 1. The highest BCUT2D eigenvalue weighted by atomic mass is 16.6. The lowest BCUT2D eigenvalue weighted by Gasteiger charge is -2.29. The van der Waals surface area contributed by atoms with E-state index in [9.17, 15) is 4.79 Å². The third-order valence-corrected chi connectivity index (χ3v) is 4.42. The van der Waals surface area contributed by atoms with Gasteiger partial charge in [0.1, 0.15) is 12.1 Å². The number of fused-ring (bicyclic) bond motifs is 3. The van der Waals surface area contributed by atoms with Gasteiger partial charge >= 0.3 is 6.09 Å². The van der Waals surface area contributed by atoms with Gasteiger partial charge in [-0.3, -0.25) is 0 Å². The Morgan fingerprint density at radius 2 is 2.15 bits per heavy atom. The average molecular weight is 274 g/mol. The Labute approximate surface area is 120 Å². The molecule has 1 aromatic carbocycles. The Kier molecular flexibility index (Phi) is 3.42. The molecule has 0 spiro atoms. The van der Waals surface area contributed by atoms with Crippen LogP contribution in [0.3, 0.4) is 0 Å². The highest BCUT2D eigenvalue weighted by Crippen LogP contribution is 2.41. The smallest absolute Gasteiger partial charge is 0.425 e. The molecule has 4 nitrogen and oxygen atoms in total. The van der Waals surface area contributed by atoms with Crippen LogP contribution in [0.1, 0.15) is 44.4 Å². The first-order valence-corrected chi connectivity index (χ1v) is 7.45. The minimum Gasteiger partial charge on any atom is -0.442 e. The molecule has 1 amide bonds. The van der Waals surface area contributed by atoms with Crippen molar-refractivity contribution in [3.8, 4) is 0 Å². The van der Waals surface area contributed by atoms with Crippen molar-refractivity contribution in [1.29, 1.82) is 0 Å². The fourth-order valence-corrected chi connectivity index (χ4v) is 3.27. The van der Waals surface area contributed by atoms with Crippen molar-refractivity contribution in [3.63, 3.8) is 0 Å². The quantitative estimate of drug-likeness (QED) is 0.917. The zero-order chi connectivity index (χ0) is 14.3. The maximum Gasteiger partial charge on any atom is 0.425 e. The van der Waals surface area contributed by atoms with Crippen LogP contribution >= 0.6 is 0 Å². The maximum absolute atomic E-state index is 12.1. The minimum atomic E-state index is -0.242. The van der Waals surface area contributed by atoms with Crippen molar-refractivity contribution < 1.29 is 9.53 Å². The maximum atomic E-state index is 12.1. The predicted molar refractivity (Wildman–Crippen MR) is 77.0 cm³/mol. The van der Waals surface area contributed by atoms with Crippen molar-refractivity contribution in [1.82, 2.24) is 10.4 Å². The van der Waals surface area contributed by atoms with Gasteiger partial charge in [0.15, 0.2) is 0 Å². The van der Waals surface area contributed by atoms with Gasteiger partial charge in [-0.05, 0) is 23.5 Å². The second-order valence-corrected chi connectivity index (χ2v) is 6.03. The monoisotopic (exact) mass is 274 g/mol. The molecule has 20 heavy (non-hydrogen) atoms. The number of hydrogen-bond acceptors (Lipinski definition) is 3. The summed E-state index contributed by atoms with van der Waals surface area (Å²) in [6.07, 6.45) is 1.52. The Bertz CT molecular complexity index is 515. The Morgan fingerprint density at radius 1 is 1.40 bits per heavy atom. The van der Waals surface area contributed by atoms with E-state index in [1.165, 1.54) is 11.1 Å². The zero-order valence-electron chi connectivity index (χ0n) is 12.3. The molecule has 0 aromatic heterocycles. The second-order valence-electron chi connectivity index (χ2n) is 6.03. The number of carbonyl (C=O) groups is 1. The van der Waals surface area contributed by atoms with E-state index in [1.807, 2.05) is 12.1 Å². The molecule has 1 heterocycles. The van der Waals surface area contributed by atoms with Gasteiger partial charge in [0, 0.05) is 12.5 Å². The van der Waals surface area contributed by atoms with Crippen molar-refractivity contribution in [2.24, 2.45) is 5.92 Å². The number of hydrogen-bond donors (Lipinski definition) is 1. The molecule has 2 aliphatic rings. The summed E-state index contributed by atoms with van der Waals surface area (Å²) in [5.41, 5.74) is 5.89. The molecule has 1 aromatic rings. The van der Waals surface area contributed by atoms with Crippen molar-refractivity contribution in [2.75, 3.05) is 0 Å². The fourth-order valence-electron chi connectivity index (χ4n) is 3.27. The average Bonchev–Trinajstić information content (AvgIpc) is 2.91. The largest absolute Gasteiger partial charge is 0.442 e. The van der Waals surface area contributed by atoms with Gasteiger partial charge in [-0.1, -0.05) is 45.0 Å². The topological polar surface area (TPSA) is 41.6 Å². The summed E-state index contributed by atoms with van der Waals surface area (Å²) in [6.45, 7) is 6.48. The molecule has 1 aliphatic carbocycles. The van der Waals surface area contributed by atoms with Crippen LogP contribution in [-0.2, 0) is 11.2 Å². The van der Waals surface area contributed by atoms with Crippen LogP contribution in [0.4, 0.5) is 4.79 Å². The molecule has 4 heteroatoms. The predicted octanol–water partition coefficient (Wildman–Crippen LogP) is 3.04. The van der Waals surface area contributed by atoms with E-state index in [2.05, 4.69) is 38.3 Å². The molecule has 108 valence electrons. The molecule has 0 bridgehead atoms. The van der Waals surface area contributed by atoms with Gasteiger partial charge in [-0.2, -0.15) is 0 Å². The lowest BCUT2D eigenvalue weighted by Crippen LogP contribution is -2.48. The van der Waals surface area contributed by atoms with Gasteiger partial charge in [0.05, 0.1) is 0 Å². The van der Waals surface area contributed by atoms with E-state index in [1.54, 1.807) is 5.01 Å². The van der Waals surface area contributed by atoms with Crippen LogP contribution in [0.25, 0.3) is 0 Å². The van der Waals surface area contributed by atoms with E-state index >= 15 is 0 Å². The van der Waals surface area contributed by atoms with E-state index in [0.29, 0.717) is 5.92 Å². The Hall–Kier alpha value is -1.55. The van der Waals surface area contributed by atoms with E-state index in [0.717, 1.165) is 12.8 Å². The standard InChI is InChI=1S/C16H22N2O2/c1-4-13(10(2)3)17-18-15-12-8-6-5-7-11(12)9-14(15)20-16(18)19/h5-8,10,13-15,17H,4,9H2,1-3H3/t13-,14-,15+/m1/s1. The number of benzene rings is 1. The van der Waals surface area contributed by atoms with Gasteiger partial charge in [0.2, 0.25) is 0 Å². The minimum absolute atomic E-state index is 0.0199. The zero-order valence-corrected chi connectivity index (χ0v) is 12.3. The highest BCUT2D eigenvalue weighted by Gasteiger charge is 2.48. The van der Waals surface area contributed by atoms with Crippen LogP contribution in [0.2, 0.25) is 0 Å². The van der Waals surface area contributed by atoms with Crippen LogP contribution in [-0.4, -0.2) is 23.2 Å². The molecule has 3 rings (SSSR count). The normalized spacial score (nSPS) is 25.6. The van der Waals surface area contributed by atoms with Crippen LogP contribution in [0.5, 0.6) is 0 Å². The van der Waals surface area contributed by atoms with Crippen LogP contribution in [0, 0.1) is 5.92 Å². The molecule has 0 radical (unpaired) electrons. The van der Waals surface area contributed by atoms with E-state index < -0.39 is 0 Å². The molecular weight excluding hydrogens is 252 g/mol. The van der Waals surface area contributed by atoms with E-state index in [4.69, 9.17) is 4.74 Å². The molecule has 0 unspecified atom stereocenters. The van der Waals surface area contributed by atoms with Crippen molar-refractivity contribution in [2.45, 2.75) is 51.8 Å². The molecule has 3 atom stereocenters. The summed E-state index contributed by atoms with van der Waals surface area (Å²) in [6, 6.07) is 8.61. The van der Waals surface area contributed by atoms with E-state index in [-0.39, 0.29) is 24.3 Å². The highest BCUT2D eigenvalue weighted by molar-refractivity contribution is 5.71. The van der Waals surface area contributed by atoms with Gasteiger partial charge in [0.25, 0.3) is 0 Å². The van der Waals surface area contributed by atoms with Gasteiger partial charge < -0.3 is 4.74 Å². The van der Waals surface area contributed by atoms with Crippen molar-refractivity contribution >= 4 is 6.09 Å². The first-order valence-electron chi connectivity index (χ1n) is 7.45. The SMILES string of the molecule is CC[C@@H](NN1C(=O)O[C@@H]2Cc3ccccc3[C@@H]21)C(C)C. The molecule has 1 N–H and O–H groups in total. The van der Waals surface area contributed by atoms with Gasteiger partial charge in [-0.25, -0.2) is 15.2 Å². The molecule has 0 saturated carbocycles.